The third-order valence-corrected chi connectivity index (χ3v) is 8.06. The summed E-state index contributed by atoms with van der Waals surface area (Å²) >= 11 is 0. The van der Waals surface area contributed by atoms with E-state index in [1.165, 1.54) is 0 Å². The van der Waals surface area contributed by atoms with Gasteiger partial charge in [-0.1, -0.05) is 0 Å². The number of hydrogen-bond acceptors (Lipinski definition) is 5. The van der Waals surface area contributed by atoms with Gasteiger partial charge in [-0.25, -0.2) is 9.18 Å². The van der Waals surface area contributed by atoms with Gasteiger partial charge in [-0.2, -0.15) is 8.42 Å². The lowest BCUT2D eigenvalue weighted by Crippen LogP contribution is -2.45. The van der Waals surface area contributed by atoms with Gasteiger partial charge in [0.05, 0.1) is 12.2 Å². The normalized spacial score (nSPS) is 49.4. The van der Waals surface area contributed by atoms with Crippen LogP contribution in [-0.4, -0.2) is 41.3 Å². The molecular weight excluding hydrogens is 327 g/mol. The average Bonchev–Trinajstić information content (AvgIpc) is 2.68. The van der Waals surface area contributed by atoms with Gasteiger partial charge >= 0.3 is 21.1 Å². The second-order valence-electron chi connectivity index (χ2n) is 8.49. The number of carbonyl (C=O) groups is 1. The van der Waals surface area contributed by atoms with Crippen molar-refractivity contribution in [2.75, 3.05) is 6.61 Å². The van der Waals surface area contributed by atoms with E-state index >= 15 is 0 Å². The molecular formula is C15H21FO6S. The Labute approximate surface area is 134 Å². The van der Waals surface area contributed by atoms with Crippen molar-refractivity contribution in [3.63, 3.8) is 0 Å². The molecule has 6 nitrogen and oxygen atoms in total. The van der Waals surface area contributed by atoms with Crippen molar-refractivity contribution < 1.29 is 32.0 Å². The Hall–Kier alpha value is -0.730. The molecule has 3 bridgehead atoms. The van der Waals surface area contributed by atoms with Gasteiger partial charge in [-0.05, 0) is 62.7 Å². The first kappa shape index (κ1) is 15.8. The molecule has 0 saturated heterocycles. The first-order valence-electron chi connectivity index (χ1n) is 7.97. The topological polar surface area (TPSA) is 101 Å². The molecule has 8 heteroatoms. The molecule has 0 aromatic carbocycles. The minimum atomic E-state index is -5.19. The number of carbonyl (C=O) groups excluding carboxylic acids is 1. The van der Waals surface area contributed by atoms with E-state index in [1.807, 2.05) is 0 Å². The molecule has 0 heterocycles. The molecule has 4 aliphatic rings. The highest BCUT2D eigenvalue weighted by atomic mass is 32.2. The fraction of sp³-hybridized carbons (Fsp3) is 0.933. The largest absolute Gasteiger partial charge is 0.462 e. The summed E-state index contributed by atoms with van der Waals surface area (Å²) in [6.45, 7) is 0.377. The molecule has 4 fully saturated rings. The van der Waals surface area contributed by atoms with Crippen molar-refractivity contribution in [3.8, 4) is 0 Å². The summed E-state index contributed by atoms with van der Waals surface area (Å²) in [5, 5.41) is 7.30. The zero-order valence-electron chi connectivity index (χ0n) is 12.9. The molecule has 4 rings (SSSR count). The summed E-state index contributed by atoms with van der Waals surface area (Å²) in [7, 11) is -5.19. The third-order valence-electron chi connectivity index (χ3n) is 6.93. The Kier molecular flexibility index (Phi) is 2.80. The third kappa shape index (κ3) is 1.91. The average molecular weight is 348 g/mol. The lowest BCUT2D eigenvalue weighted by Gasteiger charge is -2.49. The lowest BCUT2D eigenvalue weighted by molar-refractivity contribution is -0.158. The maximum Gasteiger partial charge on any atom is 0.362 e. The molecule has 1 spiro atoms. The molecule has 4 saturated carbocycles. The van der Waals surface area contributed by atoms with Gasteiger partial charge in [-0.15, -0.1) is 0 Å². The molecule has 23 heavy (non-hydrogen) atoms. The number of halogens is 1. The molecule has 6 unspecified atom stereocenters. The number of rotatable bonds is 4. The quantitative estimate of drug-likeness (QED) is 0.589. The second kappa shape index (κ2) is 4.08. The lowest BCUT2D eigenvalue weighted by atomic mass is 9.55. The van der Waals surface area contributed by atoms with Crippen LogP contribution in [0.5, 0.6) is 0 Å². The smallest absolute Gasteiger partial charge is 0.362 e. The summed E-state index contributed by atoms with van der Waals surface area (Å²) in [5.41, 5.74) is -0.988. The number of aliphatic hydroxyl groups is 1. The first-order chi connectivity index (χ1) is 10.4. The maximum absolute atomic E-state index is 13.9. The maximum atomic E-state index is 13.9. The number of hydrogen-bond donors (Lipinski definition) is 2. The van der Waals surface area contributed by atoms with Gasteiger partial charge in [0.25, 0.3) is 0 Å². The summed E-state index contributed by atoms with van der Waals surface area (Å²) in [5.74, 6) is -0.546. The molecule has 2 N–H and O–H groups in total. The second-order valence-corrected chi connectivity index (χ2v) is 10.2. The Balaban J connectivity index is 1.52. The van der Waals surface area contributed by atoms with Crippen LogP contribution >= 0.6 is 0 Å². The van der Waals surface area contributed by atoms with E-state index in [0.29, 0.717) is 25.2 Å². The Bertz CT molecular complexity index is 686. The minimum Gasteiger partial charge on any atom is -0.462 e. The highest BCUT2D eigenvalue weighted by molar-refractivity contribution is 7.87. The molecule has 130 valence electrons. The Morgan fingerprint density at radius 1 is 1.30 bits per heavy atom. The van der Waals surface area contributed by atoms with Crippen LogP contribution < -0.4 is 0 Å². The van der Waals surface area contributed by atoms with E-state index < -0.39 is 32.1 Å². The number of alkyl halides is 1. The van der Waals surface area contributed by atoms with Gasteiger partial charge in [-0.3, -0.25) is 4.55 Å². The highest BCUT2D eigenvalue weighted by Crippen LogP contribution is 2.79. The molecule has 0 aromatic heterocycles. The molecule has 4 aliphatic carbocycles. The Morgan fingerprint density at radius 3 is 2.61 bits per heavy atom. The van der Waals surface area contributed by atoms with E-state index in [4.69, 9.17) is 9.29 Å². The monoisotopic (exact) mass is 348 g/mol. The summed E-state index contributed by atoms with van der Waals surface area (Å²) < 4.78 is 49.7. The number of ether oxygens (including phenoxy) is 1. The van der Waals surface area contributed by atoms with Gasteiger partial charge in [0.1, 0.15) is 0 Å². The fourth-order valence-electron chi connectivity index (χ4n) is 6.22. The van der Waals surface area contributed by atoms with Crippen molar-refractivity contribution >= 4 is 16.1 Å². The number of fused-ring (bicyclic) bond motifs is 2. The van der Waals surface area contributed by atoms with E-state index in [9.17, 15) is 22.7 Å². The van der Waals surface area contributed by atoms with Gasteiger partial charge in [0.15, 0.2) is 0 Å². The zero-order chi connectivity index (χ0) is 16.9. The minimum absolute atomic E-state index is 0.103. The van der Waals surface area contributed by atoms with Crippen molar-refractivity contribution in [1.82, 2.24) is 0 Å². The Morgan fingerprint density at radius 2 is 1.96 bits per heavy atom. The van der Waals surface area contributed by atoms with Crippen LogP contribution in [0.3, 0.4) is 0 Å². The van der Waals surface area contributed by atoms with Crippen molar-refractivity contribution in [2.24, 2.45) is 22.7 Å². The van der Waals surface area contributed by atoms with E-state index in [1.54, 1.807) is 0 Å². The van der Waals surface area contributed by atoms with E-state index in [-0.39, 0.29) is 12.0 Å². The summed E-state index contributed by atoms with van der Waals surface area (Å²) in [4.78, 5) is 11.8. The number of esters is 1. The fourth-order valence-corrected chi connectivity index (χ4v) is 6.49. The van der Waals surface area contributed by atoms with Crippen LogP contribution in [-0.2, 0) is 19.6 Å². The standard InChI is InChI=1S/C15H21FO6S/c1-12(16,23(19,20)21)11(17)22-8-13-3-9-2-10-4-14(18,5-13)7-15(9,10)6-13/h9-10,18H,2-8H2,1H3,(H,19,20,21). The van der Waals surface area contributed by atoms with Crippen LogP contribution in [0.4, 0.5) is 4.39 Å². The van der Waals surface area contributed by atoms with Crippen LogP contribution in [0.15, 0.2) is 0 Å². The van der Waals surface area contributed by atoms with Crippen molar-refractivity contribution in [2.45, 2.75) is 56.1 Å². The molecule has 6 atom stereocenters. The van der Waals surface area contributed by atoms with Gasteiger partial charge in [0, 0.05) is 5.41 Å². The van der Waals surface area contributed by atoms with Crippen LogP contribution in [0.2, 0.25) is 0 Å². The van der Waals surface area contributed by atoms with Gasteiger partial charge in [0.2, 0.25) is 0 Å². The molecule has 0 aliphatic heterocycles. The van der Waals surface area contributed by atoms with Crippen LogP contribution in [0.25, 0.3) is 0 Å². The van der Waals surface area contributed by atoms with Crippen LogP contribution in [0.1, 0.15) is 45.4 Å². The van der Waals surface area contributed by atoms with Crippen molar-refractivity contribution in [3.05, 3.63) is 0 Å². The molecule has 0 aromatic rings. The predicted octanol–water partition coefficient (Wildman–Crippen LogP) is 1.43. The highest BCUT2D eigenvalue weighted by Gasteiger charge is 2.74. The first-order valence-corrected chi connectivity index (χ1v) is 9.41. The molecule has 0 radical (unpaired) electrons. The van der Waals surface area contributed by atoms with Crippen molar-refractivity contribution in [1.29, 1.82) is 0 Å². The SMILES string of the molecule is CC(F)(C(=O)OCC12CC3CC4CC(O)(C1)CC43C2)S(=O)(=O)O. The zero-order valence-corrected chi connectivity index (χ0v) is 13.7. The summed E-state index contributed by atoms with van der Waals surface area (Å²) in [6, 6.07) is 0. The summed E-state index contributed by atoms with van der Waals surface area (Å²) in [6.07, 6.45) is 4.86. The van der Waals surface area contributed by atoms with E-state index in [0.717, 1.165) is 32.1 Å². The van der Waals surface area contributed by atoms with E-state index in [2.05, 4.69) is 0 Å². The predicted molar refractivity (Wildman–Crippen MR) is 76.5 cm³/mol. The molecule has 0 amide bonds. The van der Waals surface area contributed by atoms with Crippen LogP contribution in [0, 0.1) is 22.7 Å². The van der Waals surface area contributed by atoms with Gasteiger partial charge < -0.3 is 9.84 Å².